The Morgan fingerprint density at radius 1 is 1.14 bits per heavy atom. The third kappa shape index (κ3) is 3.02. The Kier molecular flexibility index (Phi) is 4.84. The number of aliphatic hydroxyl groups is 1. The lowest BCUT2D eigenvalue weighted by Crippen LogP contribution is -2.48. The summed E-state index contributed by atoms with van der Waals surface area (Å²) >= 11 is 0. The molecule has 1 N–H and O–H groups in total. The number of aliphatic hydroxyl groups excluding tert-OH is 1. The molecule has 1 aliphatic rings. The lowest BCUT2D eigenvalue weighted by atomic mass is 9.88. The fourth-order valence-corrected chi connectivity index (χ4v) is 3.37. The second-order valence-corrected chi connectivity index (χ2v) is 6.71. The molecule has 150 valence electrons. The number of alkyl halides is 3. The van der Waals surface area contributed by atoms with Crippen molar-refractivity contribution in [1.29, 1.82) is 5.26 Å². The van der Waals surface area contributed by atoms with E-state index in [1.807, 2.05) is 6.92 Å². The van der Waals surface area contributed by atoms with E-state index < -0.39 is 41.4 Å². The Balaban J connectivity index is 2.16. The molecule has 1 atom stereocenters. The average Bonchev–Trinajstić information content (AvgIpc) is 2.88. The minimum atomic E-state index is -4.84. The van der Waals surface area contributed by atoms with Crippen molar-refractivity contribution in [2.24, 2.45) is 0 Å². The van der Waals surface area contributed by atoms with Crippen molar-refractivity contribution in [3.05, 3.63) is 64.7 Å². The molecule has 0 bridgehead atoms. The van der Waals surface area contributed by atoms with E-state index in [0.717, 1.165) is 22.6 Å². The molecule has 29 heavy (non-hydrogen) atoms. The number of aryl methyl sites for hydroxylation is 1. The van der Waals surface area contributed by atoms with Crippen LogP contribution in [0.1, 0.15) is 22.3 Å². The van der Waals surface area contributed by atoms with Crippen molar-refractivity contribution in [1.82, 2.24) is 4.90 Å². The summed E-state index contributed by atoms with van der Waals surface area (Å²) in [6.45, 7) is 1.07. The largest absolute Gasteiger partial charge is 0.417 e. The number of nitriles is 1. The fourth-order valence-electron chi connectivity index (χ4n) is 3.37. The zero-order valence-corrected chi connectivity index (χ0v) is 15.5. The van der Waals surface area contributed by atoms with Crippen LogP contribution >= 0.6 is 0 Å². The van der Waals surface area contributed by atoms with Gasteiger partial charge >= 0.3 is 12.2 Å². The summed E-state index contributed by atoms with van der Waals surface area (Å²) in [5.74, 6) is -0.880. The molecule has 3 rings (SSSR count). The first-order valence-electron chi connectivity index (χ1n) is 8.49. The number of nitrogens with zero attached hydrogens (tertiary/aromatic N) is 3. The predicted octanol–water partition coefficient (Wildman–Crippen LogP) is 3.17. The third-order valence-electron chi connectivity index (χ3n) is 5.05. The summed E-state index contributed by atoms with van der Waals surface area (Å²) in [7, 11) is 1.30. The summed E-state index contributed by atoms with van der Waals surface area (Å²) in [5, 5.41) is 19.0. The molecule has 0 saturated carbocycles. The maximum Gasteiger partial charge on any atom is 0.417 e. The van der Waals surface area contributed by atoms with Crippen LogP contribution in [0, 0.1) is 18.3 Å². The zero-order chi connectivity index (χ0) is 21.6. The van der Waals surface area contributed by atoms with Crippen molar-refractivity contribution in [2.45, 2.75) is 18.6 Å². The van der Waals surface area contributed by atoms with Gasteiger partial charge in [-0.05, 0) is 30.7 Å². The van der Waals surface area contributed by atoms with Gasteiger partial charge in [0.1, 0.15) is 0 Å². The Labute approximate surface area is 164 Å². The highest BCUT2D eigenvalue weighted by atomic mass is 19.4. The number of likely N-dealkylation sites (N-methyl/N-ethyl adjacent to an activating group) is 1. The zero-order valence-electron chi connectivity index (χ0n) is 15.5. The second kappa shape index (κ2) is 6.90. The van der Waals surface area contributed by atoms with Gasteiger partial charge in [0.25, 0.3) is 5.91 Å². The van der Waals surface area contributed by atoms with E-state index in [0.29, 0.717) is 16.5 Å². The number of imide groups is 1. The Bertz CT molecular complexity index is 1030. The molecule has 0 aliphatic carbocycles. The van der Waals surface area contributed by atoms with E-state index in [4.69, 9.17) is 5.26 Å². The standard InChI is InChI=1S/C20H16F3N3O3/c1-12-3-6-14(7-4-12)19(11-27)17(28)26(18(29)25(19)2)15-8-5-13(10-24)16(9-15)20(21,22)23/h3-9,27H,11H2,1-2H3. The highest BCUT2D eigenvalue weighted by Crippen LogP contribution is 2.41. The Hall–Kier alpha value is -3.38. The monoisotopic (exact) mass is 403 g/mol. The SMILES string of the molecule is Cc1ccc(C2(CO)C(=O)N(c3ccc(C#N)c(C(F)(F)F)c3)C(=O)N2C)cc1. The lowest BCUT2D eigenvalue weighted by Gasteiger charge is -2.31. The number of rotatable bonds is 3. The van der Waals surface area contributed by atoms with Gasteiger partial charge in [-0.15, -0.1) is 0 Å². The molecule has 1 heterocycles. The van der Waals surface area contributed by atoms with Crippen molar-refractivity contribution in [3.63, 3.8) is 0 Å². The molecule has 2 aromatic carbocycles. The molecule has 6 nitrogen and oxygen atoms in total. The molecule has 9 heteroatoms. The topological polar surface area (TPSA) is 84.6 Å². The van der Waals surface area contributed by atoms with Gasteiger partial charge in [-0.2, -0.15) is 18.4 Å². The smallest absolute Gasteiger partial charge is 0.393 e. The van der Waals surface area contributed by atoms with E-state index >= 15 is 0 Å². The second-order valence-electron chi connectivity index (χ2n) is 6.71. The first kappa shape index (κ1) is 20.4. The van der Waals surface area contributed by atoms with Gasteiger partial charge in [0.2, 0.25) is 0 Å². The van der Waals surface area contributed by atoms with Gasteiger partial charge < -0.3 is 10.0 Å². The number of hydrogen-bond donors (Lipinski definition) is 1. The van der Waals surface area contributed by atoms with Crippen LogP contribution in [0.25, 0.3) is 0 Å². The van der Waals surface area contributed by atoms with Crippen molar-refractivity contribution >= 4 is 17.6 Å². The van der Waals surface area contributed by atoms with Crippen LogP contribution in [0.4, 0.5) is 23.7 Å². The minimum Gasteiger partial charge on any atom is -0.393 e. The Morgan fingerprint density at radius 2 is 1.76 bits per heavy atom. The number of carbonyl (C=O) groups excluding carboxylic acids is 2. The van der Waals surface area contributed by atoms with Crippen LogP contribution in [0.15, 0.2) is 42.5 Å². The summed E-state index contributed by atoms with van der Waals surface area (Å²) in [6.07, 6.45) is -4.84. The molecule has 3 amide bonds. The molecule has 2 aromatic rings. The quantitative estimate of drug-likeness (QED) is 0.798. The highest BCUT2D eigenvalue weighted by molar-refractivity contribution is 6.23. The summed E-state index contributed by atoms with van der Waals surface area (Å²) in [5.41, 5.74) is -2.76. The molecule has 0 radical (unpaired) electrons. The van der Waals surface area contributed by atoms with Gasteiger partial charge in [0.15, 0.2) is 5.54 Å². The van der Waals surface area contributed by atoms with Gasteiger partial charge in [-0.1, -0.05) is 29.8 Å². The van der Waals surface area contributed by atoms with E-state index in [-0.39, 0.29) is 5.69 Å². The van der Waals surface area contributed by atoms with Crippen LogP contribution in [0.5, 0.6) is 0 Å². The lowest BCUT2D eigenvalue weighted by molar-refractivity contribution is -0.137. The minimum absolute atomic E-state index is 0.332. The van der Waals surface area contributed by atoms with Gasteiger partial charge in [-0.25, -0.2) is 9.69 Å². The normalized spacial score (nSPS) is 19.6. The van der Waals surface area contributed by atoms with Crippen LogP contribution in [-0.2, 0) is 16.5 Å². The van der Waals surface area contributed by atoms with E-state index in [9.17, 15) is 27.9 Å². The van der Waals surface area contributed by atoms with E-state index in [1.54, 1.807) is 24.3 Å². The summed E-state index contributed by atoms with van der Waals surface area (Å²) in [4.78, 5) is 27.7. The average molecular weight is 403 g/mol. The molecule has 0 aromatic heterocycles. The number of anilines is 1. The van der Waals surface area contributed by atoms with Gasteiger partial charge in [0.05, 0.1) is 29.5 Å². The van der Waals surface area contributed by atoms with Crippen LogP contribution in [0.2, 0.25) is 0 Å². The predicted molar refractivity (Wildman–Crippen MR) is 96.7 cm³/mol. The number of urea groups is 1. The number of carbonyl (C=O) groups is 2. The van der Waals surface area contributed by atoms with Crippen LogP contribution in [0.3, 0.4) is 0 Å². The summed E-state index contributed by atoms with van der Waals surface area (Å²) < 4.78 is 39.9. The molecule has 0 spiro atoms. The van der Waals surface area contributed by atoms with Gasteiger partial charge in [0, 0.05) is 7.05 Å². The van der Waals surface area contributed by atoms with Crippen molar-refractivity contribution in [3.8, 4) is 6.07 Å². The third-order valence-corrected chi connectivity index (χ3v) is 5.05. The maximum atomic E-state index is 13.3. The van der Waals surface area contributed by atoms with E-state index in [2.05, 4.69) is 0 Å². The first-order valence-corrected chi connectivity index (χ1v) is 8.49. The van der Waals surface area contributed by atoms with Gasteiger partial charge in [-0.3, -0.25) is 4.79 Å². The molecular weight excluding hydrogens is 387 g/mol. The Morgan fingerprint density at radius 3 is 2.28 bits per heavy atom. The molecule has 1 aliphatic heterocycles. The molecule has 1 fully saturated rings. The number of halogens is 3. The number of hydrogen-bond acceptors (Lipinski definition) is 4. The fraction of sp³-hybridized carbons (Fsp3) is 0.250. The molecule has 1 saturated heterocycles. The molecule has 1 unspecified atom stereocenters. The van der Waals surface area contributed by atoms with Crippen LogP contribution < -0.4 is 4.90 Å². The van der Waals surface area contributed by atoms with Crippen LogP contribution in [-0.4, -0.2) is 35.6 Å². The number of amides is 3. The van der Waals surface area contributed by atoms with Crippen molar-refractivity contribution < 1.29 is 27.9 Å². The number of benzene rings is 2. The maximum absolute atomic E-state index is 13.3. The summed E-state index contributed by atoms with van der Waals surface area (Å²) in [6, 6.07) is 9.71. The highest BCUT2D eigenvalue weighted by Gasteiger charge is 2.57. The molecular formula is C20H16F3N3O3. The van der Waals surface area contributed by atoms with E-state index in [1.165, 1.54) is 13.1 Å². The first-order chi connectivity index (χ1) is 13.6. The van der Waals surface area contributed by atoms with Crippen molar-refractivity contribution in [2.75, 3.05) is 18.6 Å².